The van der Waals surface area contributed by atoms with Gasteiger partial charge in [-0.05, 0) is 39.7 Å². The highest BCUT2D eigenvalue weighted by atomic mass is 16.2. The maximum absolute atomic E-state index is 12.7. The van der Waals surface area contributed by atoms with Crippen LogP contribution in [0.3, 0.4) is 0 Å². The lowest BCUT2D eigenvalue weighted by atomic mass is 10.0. The van der Waals surface area contributed by atoms with Crippen molar-refractivity contribution < 1.29 is 4.79 Å². The van der Waals surface area contributed by atoms with Crippen LogP contribution in [0.15, 0.2) is 6.20 Å². The van der Waals surface area contributed by atoms with E-state index in [2.05, 4.69) is 25.3 Å². The van der Waals surface area contributed by atoms with E-state index < -0.39 is 0 Å². The minimum Gasteiger partial charge on any atom is -0.322 e. The Bertz CT molecular complexity index is 782. The first-order valence-corrected chi connectivity index (χ1v) is 8.23. The zero-order valence-electron chi connectivity index (χ0n) is 14.9. The largest absolute Gasteiger partial charge is 0.322 e. The number of nitrogens with one attached hydrogen (secondary N) is 1. The molecule has 0 spiro atoms. The molecular weight excluding hydrogens is 304 g/mol. The number of rotatable bonds is 3. The van der Waals surface area contributed by atoms with E-state index in [1.807, 2.05) is 40.9 Å². The highest BCUT2D eigenvalue weighted by Crippen LogP contribution is 2.21. The number of aryl methyl sites for hydroxylation is 3. The summed E-state index contributed by atoms with van der Waals surface area (Å²) < 4.78 is 1.78. The maximum Gasteiger partial charge on any atom is 0.241 e. The average Bonchev–Trinajstić information content (AvgIpc) is 2.79. The van der Waals surface area contributed by atoms with E-state index in [1.165, 1.54) is 5.56 Å². The Morgan fingerprint density at radius 2 is 2.08 bits per heavy atom. The van der Waals surface area contributed by atoms with Crippen molar-refractivity contribution in [2.24, 2.45) is 7.05 Å². The van der Waals surface area contributed by atoms with Crippen LogP contribution < -0.4 is 5.32 Å². The highest BCUT2D eigenvalue weighted by Gasteiger charge is 2.27. The number of hydrogen-bond donors (Lipinski definition) is 1. The molecule has 3 heterocycles. The molecule has 1 amide bonds. The van der Waals surface area contributed by atoms with Crippen molar-refractivity contribution in [2.45, 2.75) is 46.7 Å². The lowest BCUT2D eigenvalue weighted by molar-refractivity contribution is -0.121. The molecule has 1 aliphatic rings. The van der Waals surface area contributed by atoms with Gasteiger partial charge in [0.25, 0.3) is 0 Å². The summed E-state index contributed by atoms with van der Waals surface area (Å²) in [5.41, 5.74) is 4.82. The fraction of sp³-hybridized carbons (Fsp3) is 0.529. The Hall–Kier alpha value is -2.28. The highest BCUT2D eigenvalue weighted by molar-refractivity contribution is 5.95. The van der Waals surface area contributed by atoms with E-state index in [9.17, 15) is 4.79 Å². The van der Waals surface area contributed by atoms with Crippen molar-refractivity contribution in [2.75, 3.05) is 11.9 Å². The third-order valence-corrected chi connectivity index (χ3v) is 4.78. The molecule has 7 heteroatoms. The number of hydrogen-bond acceptors (Lipinski definition) is 5. The van der Waals surface area contributed by atoms with E-state index in [0.29, 0.717) is 6.54 Å². The zero-order chi connectivity index (χ0) is 17.4. The van der Waals surface area contributed by atoms with Crippen LogP contribution in [0.4, 0.5) is 5.69 Å². The summed E-state index contributed by atoms with van der Waals surface area (Å²) in [5.74, 6) is 0.762. The Labute approximate surface area is 142 Å². The summed E-state index contributed by atoms with van der Waals surface area (Å²) in [7, 11) is 1.88. The van der Waals surface area contributed by atoms with Gasteiger partial charge >= 0.3 is 0 Å². The first-order valence-electron chi connectivity index (χ1n) is 8.23. The van der Waals surface area contributed by atoms with Gasteiger partial charge in [0.1, 0.15) is 5.82 Å². The van der Waals surface area contributed by atoms with Gasteiger partial charge in [-0.3, -0.25) is 14.4 Å². The van der Waals surface area contributed by atoms with Gasteiger partial charge < -0.3 is 5.32 Å². The second-order valence-electron chi connectivity index (χ2n) is 6.44. The lowest BCUT2D eigenvalue weighted by Gasteiger charge is -2.32. The van der Waals surface area contributed by atoms with Crippen molar-refractivity contribution in [1.29, 1.82) is 0 Å². The quantitative estimate of drug-likeness (QED) is 0.924. The fourth-order valence-electron chi connectivity index (χ4n) is 3.10. The van der Waals surface area contributed by atoms with Gasteiger partial charge in [-0.25, -0.2) is 9.97 Å². The van der Waals surface area contributed by atoms with Crippen LogP contribution >= 0.6 is 0 Å². The van der Waals surface area contributed by atoms with Gasteiger partial charge in [-0.15, -0.1) is 0 Å². The predicted molar refractivity (Wildman–Crippen MR) is 91.7 cm³/mol. The molecule has 128 valence electrons. The minimum absolute atomic E-state index is 0.0107. The third kappa shape index (κ3) is 3.03. The summed E-state index contributed by atoms with van der Waals surface area (Å²) in [6.07, 6.45) is 2.78. The minimum atomic E-state index is -0.229. The van der Waals surface area contributed by atoms with Gasteiger partial charge in [0.15, 0.2) is 0 Å². The number of fused-ring (bicyclic) bond motifs is 1. The molecule has 0 radical (unpaired) electrons. The summed E-state index contributed by atoms with van der Waals surface area (Å²) in [4.78, 5) is 23.6. The van der Waals surface area contributed by atoms with Crippen molar-refractivity contribution >= 4 is 11.6 Å². The summed E-state index contributed by atoms with van der Waals surface area (Å²) in [5, 5.41) is 7.38. The van der Waals surface area contributed by atoms with Crippen LogP contribution in [0, 0.1) is 20.8 Å². The van der Waals surface area contributed by atoms with Gasteiger partial charge in [-0.2, -0.15) is 5.10 Å². The molecule has 0 aliphatic carbocycles. The number of carbonyl (C=O) groups excluding carboxylic acids is 1. The van der Waals surface area contributed by atoms with Gasteiger partial charge in [0.2, 0.25) is 5.91 Å². The molecular formula is C17H24N6O. The number of amides is 1. The number of aromatic nitrogens is 4. The molecule has 2 aromatic heterocycles. The molecule has 0 saturated heterocycles. The Kier molecular flexibility index (Phi) is 4.36. The molecule has 0 fully saturated rings. The topological polar surface area (TPSA) is 75.9 Å². The van der Waals surface area contributed by atoms with E-state index in [1.54, 1.807) is 4.68 Å². The normalized spacial score (nSPS) is 15.9. The Morgan fingerprint density at radius 1 is 1.33 bits per heavy atom. The molecule has 24 heavy (non-hydrogen) atoms. The molecule has 1 N–H and O–H groups in total. The van der Waals surface area contributed by atoms with Crippen LogP contribution in [0.1, 0.15) is 35.4 Å². The van der Waals surface area contributed by atoms with Crippen molar-refractivity contribution in [3.8, 4) is 0 Å². The first-order chi connectivity index (χ1) is 11.4. The van der Waals surface area contributed by atoms with Gasteiger partial charge in [0, 0.05) is 26.3 Å². The molecule has 2 aromatic rings. The third-order valence-electron chi connectivity index (χ3n) is 4.78. The van der Waals surface area contributed by atoms with Gasteiger partial charge in [-0.1, -0.05) is 0 Å². The maximum atomic E-state index is 12.7. The van der Waals surface area contributed by atoms with E-state index in [0.717, 1.165) is 41.6 Å². The van der Waals surface area contributed by atoms with E-state index in [-0.39, 0.29) is 11.9 Å². The second-order valence-corrected chi connectivity index (χ2v) is 6.44. The second kappa shape index (κ2) is 6.32. The summed E-state index contributed by atoms with van der Waals surface area (Å²) in [6.45, 7) is 9.21. The predicted octanol–water partition coefficient (Wildman–Crippen LogP) is 1.52. The first kappa shape index (κ1) is 16.6. The van der Waals surface area contributed by atoms with Crippen LogP contribution in [0.2, 0.25) is 0 Å². The van der Waals surface area contributed by atoms with Crippen LogP contribution in [0.5, 0.6) is 0 Å². The van der Waals surface area contributed by atoms with Crippen LogP contribution in [0.25, 0.3) is 0 Å². The van der Waals surface area contributed by atoms with Crippen LogP contribution in [-0.4, -0.2) is 43.1 Å². The van der Waals surface area contributed by atoms with Crippen molar-refractivity contribution in [1.82, 2.24) is 24.6 Å². The Morgan fingerprint density at radius 3 is 2.75 bits per heavy atom. The lowest BCUT2D eigenvalue weighted by Crippen LogP contribution is -2.45. The zero-order valence-corrected chi connectivity index (χ0v) is 14.9. The molecule has 0 saturated carbocycles. The molecule has 7 nitrogen and oxygen atoms in total. The molecule has 1 atom stereocenters. The van der Waals surface area contributed by atoms with E-state index in [4.69, 9.17) is 0 Å². The summed E-state index contributed by atoms with van der Waals surface area (Å²) in [6, 6.07) is -0.229. The number of carbonyl (C=O) groups is 1. The van der Waals surface area contributed by atoms with Crippen molar-refractivity contribution in [3.05, 3.63) is 34.7 Å². The van der Waals surface area contributed by atoms with Crippen LogP contribution in [-0.2, 0) is 24.8 Å². The fourth-order valence-corrected chi connectivity index (χ4v) is 3.10. The smallest absolute Gasteiger partial charge is 0.241 e. The molecule has 3 rings (SSSR count). The molecule has 0 unspecified atom stereocenters. The Balaban J connectivity index is 1.72. The monoisotopic (exact) mass is 328 g/mol. The molecule has 0 aromatic carbocycles. The molecule has 0 bridgehead atoms. The van der Waals surface area contributed by atoms with E-state index >= 15 is 0 Å². The average molecular weight is 328 g/mol. The molecule has 1 aliphatic heterocycles. The number of anilines is 1. The SMILES string of the molecule is Cc1ncc2c(n1)CN([C@@H](C)C(=O)Nc1c(C)nn(C)c1C)CC2. The standard InChI is InChI=1S/C17H24N6O/c1-10-16(11(2)22(5)21-10)20-17(24)12(3)23-7-6-14-8-18-13(4)19-15(14)9-23/h8,12H,6-7,9H2,1-5H3,(H,20,24)/t12-/m0/s1. The number of nitrogens with zero attached hydrogens (tertiary/aromatic N) is 5. The van der Waals surface area contributed by atoms with Crippen molar-refractivity contribution in [3.63, 3.8) is 0 Å². The summed E-state index contributed by atoms with van der Waals surface area (Å²) >= 11 is 0. The van der Waals surface area contributed by atoms with Gasteiger partial charge in [0.05, 0.1) is 28.8 Å².